The number of hydrogen-bond donors (Lipinski definition) is 0. The average molecular weight is 440 g/mol. The molecule has 7 heteroatoms. The highest BCUT2D eigenvalue weighted by molar-refractivity contribution is 5.91. The van der Waals surface area contributed by atoms with Crippen molar-refractivity contribution < 1.29 is 23.1 Å². The number of ether oxygens (including phenoxy) is 2. The van der Waals surface area contributed by atoms with Crippen molar-refractivity contribution in [2.24, 2.45) is 0 Å². The summed E-state index contributed by atoms with van der Waals surface area (Å²) in [6, 6.07) is 19.4. The number of fused-ring (bicyclic) bond motifs is 2. The summed E-state index contributed by atoms with van der Waals surface area (Å²) in [5.74, 6) is 0.00531. The lowest BCUT2D eigenvalue weighted by molar-refractivity contribution is 0.0735. The van der Waals surface area contributed by atoms with Gasteiger partial charge in [0.1, 0.15) is 28.9 Å². The zero-order valence-electron chi connectivity index (χ0n) is 17.4. The van der Waals surface area contributed by atoms with Crippen LogP contribution in [0.4, 0.5) is 0 Å². The van der Waals surface area contributed by atoms with Crippen molar-refractivity contribution in [3.63, 3.8) is 0 Å². The van der Waals surface area contributed by atoms with Gasteiger partial charge in [0, 0.05) is 23.6 Å². The molecule has 2 aromatic heterocycles. The van der Waals surface area contributed by atoms with Gasteiger partial charge in [-0.15, -0.1) is 0 Å². The lowest BCUT2D eigenvalue weighted by Crippen LogP contribution is -2.09. The van der Waals surface area contributed by atoms with E-state index in [-0.39, 0.29) is 22.5 Å². The van der Waals surface area contributed by atoms with Crippen molar-refractivity contribution in [1.82, 2.24) is 0 Å². The molecule has 0 unspecified atom stereocenters. The van der Waals surface area contributed by atoms with E-state index < -0.39 is 17.0 Å². The van der Waals surface area contributed by atoms with Gasteiger partial charge < -0.3 is 18.3 Å². The van der Waals surface area contributed by atoms with Gasteiger partial charge in [0.2, 0.25) is 11.2 Å². The summed E-state index contributed by atoms with van der Waals surface area (Å²) in [4.78, 5) is 36.8. The monoisotopic (exact) mass is 440 g/mol. The topological polar surface area (TPSA) is 95.9 Å². The second-order valence-corrected chi connectivity index (χ2v) is 7.35. The smallest absolute Gasteiger partial charge is 0.343 e. The van der Waals surface area contributed by atoms with E-state index in [2.05, 4.69) is 0 Å². The standard InChI is InChI=1S/C26H16O7/c1-15-11-24(27)33-22-13-17(7-9-19(15)22)31-23-14-30-21-12-18(8-10-20(21)25(23)28)32-26(29)16-5-3-2-4-6-16/h2-14H,1H3. The van der Waals surface area contributed by atoms with Crippen LogP contribution in [0.2, 0.25) is 0 Å². The molecule has 0 bridgehead atoms. The Morgan fingerprint density at radius 3 is 2.36 bits per heavy atom. The van der Waals surface area contributed by atoms with Gasteiger partial charge in [-0.25, -0.2) is 9.59 Å². The largest absolute Gasteiger partial charge is 0.460 e. The van der Waals surface area contributed by atoms with Crippen LogP contribution in [0.15, 0.2) is 97.5 Å². The van der Waals surface area contributed by atoms with E-state index in [0.29, 0.717) is 16.9 Å². The lowest BCUT2D eigenvalue weighted by atomic mass is 10.1. The van der Waals surface area contributed by atoms with Gasteiger partial charge >= 0.3 is 11.6 Å². The van der Waals surface area contributed by atoms with E-state index >= 15 is 0 Å². The van der Waals surface area contributed by atoms with Crippen molar-refractivity contribution in [1.29, 1.82) is 0 Å². The Balaban J connectivity index is 1.43. The van der Waals surface area contributed by atoms with E-state index in [4.69, 9.17) is 18.3 Å². The predicted molar refractivity (Wildman–Crippen MR) is 121 cm³/mol. The van der Waals surface area contributed by atoms with Gasteiger partial charge in [-0.3, -0.25) is 4.79 Å². The van der Waals surface area contributed by atoms with E-state index in [1.54, 1.807) is 48.5 Å². The first kappa shape index (κ1) is 20.3. The number of carbonyl (C=O) groups excluding carboxylic acids is 1. The van der Waals surface area contributed by atoms with Crippen LogP contribution in [0.25, 0.3) is 21.9 Å². The molecule has 0 amide bonds. The maximum atomic E-state index is 12.9. The molecule has 5 rings (SSSR count). The normalized spacial score (nSPS) is 10.9. The van der Waals surface area contributed by atoms with Crippen LogP contribution < -0.4 is 20.5 Å². The van der Waals surface area contributed by atoms with Crippen LogP contribution in [-0.4, -0.2) is 5.97 Å². The molecule has 0 spiro atoms. The number of hydrogen-bond acceptors (Lipinski definition) is 7. The molecule has 0 aliphatic rings. The van der Waals surface area contributed by atoms with Crippen LogP contribution >= 0.6 is 0 Å². The molecule has 5 aromatic rings. The van der Waals surface area contributed by atoms with Gasteiger partial charge in [0.05, 0.1) is 10.9 Å². The maximum absolute atomic E-state index is 12.9. The van der Waals surface area contributed by atoms with Crippen molar-refractivity contribution >= 4 is 27.9 Å². The molecule has 0 aliphatic heterocycles. The van der Waals surface area contributed by atoms with Crippen molar-refractivity contribution in [2.75, 3.05) is 0 Å². The first-order chi connectivity index (χ1) is 16.0. The van der Waals surface area contributed by atoms with Crippen molar-refractivity contribution in [2.45, 2.75) is 6.92 Å². The van der Waals surface area contributed by atoms with E-state index in [9.17, 15) is 14.4 Å². The Labute approximate surface area is 186 Å². The van der Waals surface area contributed by atoms with Crippen molar-refractivity contribution in [3.05, 3.63) is 111 Å². The molecule has 0 saturated carbocycles. The summed E-state index contributed by atoms with van der Waals surface area (Å²) in [6.07, 6.45) is 1.18. The summed E-state index contributed by atoms with van der Waals surface area (Å²) in [5.41, 5.74) is 0.915. The van der Waals surface area contributed by atoms with Crippen LogP contribution in [0.1, 0.15) is 15.9 Å². The molecule has 162 valence electrons. The minimum atomic E-state index is -0.518. The molecular weight excluding hydrogens is 424 g/mol. The zero-order valence-corrected chi connectivity index (χ0v) is 17.4. The highest BCUT2D eigenvalue weighted by Crippen LogP contribution is 2.27. The highest BCUT2D eigenvalue weighted by atomic mass is 16.5. The third-order valence-electron chi connectivity index (χ3n) is 5.09. The molecule has 2 heterocycles. The molecular formula is C26H16O7. The van der Waals surface area contributed by atoms with E-state index in [1.807, 2.05) is 6.92 Å². The third kappa shape index (κ3) is 3.99. The summed E-state index contributed by atoms with van der Waals surface area (Å²) >= 11 is 0. The maximum Gasteiger partial charge on any atom is 0.343 e. The predicted octanol–water partition coefficient (Wildman–Crippen LogP) is 5.22. The molecule has 33 heavy (non-hydrogen) atoms. The van der Waals surface area contributed by atoms with Gasteiger partial charge in [-0.1, -0.05) is 18.2 Å². The fourth-order valence-corrected chi connectivity index (χ4v) is 3.46. The fraction of sp³-hybridized carbons (Fsp3) is 0.0385. The fourth-order valence-electron chi connectivity index (χ4n) is 3.46. The second kappa shape index (κ2) is 8.12. The Bertz CT molecular complexity index is 1630. The minimum absolute atomic E-state index is 0.0362. The number of aryl methyl sites for hydroxylation is 1. The van der Waals surface area contributed by atoms with E-state index in [1.165, 1.54) is 30.5 Å². The molecule has 3 aromatic carbocycles. The van der Waals surface area contributed by atoms with Crippen LogP contribution in [0.5, 0.6) is 17.2 Å². The molecule has 0 atom stereocenters. The second-order valence-electron chi connectivity index (χ2n) is 7.35. The first-order valence-electron chi connectivity index (χ1n) is 10.0. The Morgan fingerprint density at radius 2 is 1.55 bits per heavy atom. The third-order valence-corrected chi connectivity index (χ3v) is 5.09. The van der Waals surface area contributed by atoms with Gasteiger partial charge in [-0.2, -0.15) is 0 Å². The molecule has 7 nitrogen and oxygen atoms in total. The Hall–Kier alpha value is -4.65. The van der Waals surface area contributed by atoms with Crippen molar-refractivity contribution in [3.8, 4) is 17.2 Å². The SMILES string of the molecule is Cc1cc(=O)oc2cc(Oc3coc4cc(OC(=O)c5ccccc5)ccc4c3=O)ccc12. The Morgan fingerprint density at radius 1 is 0.818 bits per heavy atom. The number of rotatable bonds is 4. The summed E-state index contributed by atoms with van der Waals surface area (Å²) in [7, 11) is 0. The van der Waals surface area contributed by atoms with Crippen LogP contribution in [0.3, 0.4) is 0 Å². The molecule has 0 aliphatic carbocycles. The average Bonchev–Trinajstić information content (AvgIpc) is 2.81. The van der Waals surface area contributed by atoms with Crippen LogP contribution in [0, 0.1) is 6.92 Å². The molecule has 0 N–H and O–H groups in total. The highest BCUT2D eigenvalue weighted by Gasteiger charge is 2.13. The summed E-state index contributed by atoms with van der Waals surface area (Å²) in [6.45, 7) is 1.81. The Kier molecular flexibility index (Phi) is 4.99. The lowest BCUT2D eigenvalue weighted by Gasteiger charge is -2.08. The van der Waals surface area contributed by atoms with Gasteiger partial charge in [-0.05, 0) is 48.9 Å². The molecule has 0 fully saturated rings. The zero-order chi connectivity index (χ0) is 22.9. The molecule has 0 saturated heterocycles. The number of benzene rings is 3. The molecule has 0 radical (unpaired) electrons. The van der Waals surface area contributed by atoms with Gasteiger partial charge in [0.25, 0.3) is 0 Å². The number of esters is 1. The van der Waals surface area contributed by atoms with Gasteiger partial charge in [0.15, 0.2) is 0 Å². The first-order valence-corrected chi connectivity index (χ1v) is 10.0. The van der Waals surface area contributed by atoms with Crippen LogP contribution in [-0.2, 0) is 0 Å². The summed E-state index contributed by atoms with van der Waals surface area (Å²) in [5, 5.41) is 1.03. The quantitative estimate of drug-likeness (QED) is 0.215. The summed E-state index contributed by atoms with van der Waals surface area (Å²) < 4.78 is 21.8. The van der Waals surface area contributed by atoms with E-state index in [0.717, 1.165) is 10.9 Å². The minimum Gasteiger partial charge on any atom is -0.460 e. The number of carbonyl (C=O) groups is 1.